The van der Waals surface area contributed by atoms with Crippen LogP contribution in [0.15, 0.2) is 12.1 Å². The average Bonchev–Trinajstić information content (AvgIpc) is 2.17. The van der Waals surface area contributed by atoms with Crippen LogP contribution in [-0.2, 0) is 0 Å². The Morgan fingerprint density at radius 1 is 1.57 bits per heavy atom. The number of hydrogen-bond acceptors (Lipinski definition) is 3. The summed E-state index contributed by atoms with van der Waals surface area (Å²) < 4.78 is 0.600. The third-order valence-electron chi connectivity index (χ3n) is 1.73. The van der Waals surface area contributed by atoms with E-state index in [0.717, 1.165) is 0 Å². The highest BCUT2D eigenvalue weighted by atomic mass is 127. The fraction of sp³-hybridized carbons (Fsp3) is 0.100. The van der Waals surface area contributed by atoms with E-state index in [1.165, 1.54) is 19.1 Å². The van der Waals surface area contributed by atoms with E-state index in [4.69, 9.17) is 5.26 Å². The number of ketones is 1. The van der Waals surface area contributed by atoms with Crippen molar-refractivity contribution in [3.05, 3.63) is 32.4 Å². The van der Waals surface area contributed by atoms with Crippen LogP contribution in [0.2, 0.25) is 0 Å². The van der Waals surface area contributed by atoms with Gasteiger partial charge in [-0.15, -0.1) is 0 Å². The molecule has 0 aliphatic heterocycles. The lowest BCUT2D eigenvalue weighted by atomic mass is 10.0. The van der Waals surface area contributed by atoms with Crippen LogP contribution >= 0.6 is 22.6 Å². The second kappa shape index (κ2) is 4.33. The summed E-state index contributed by atoms with van der Waals surface area (Å²) >= 11 is 1.93. The lowest BCUT2D eigenvalue weighted by molar-refractivity contribution is 0.101. The predicted molar refractivity (Wildman–Crippen MR) is 59.3 cm³/mol. The lowest BCUT2D eigenvalue weighted by Crippen LogP contribution is -2.00. The molecule has 4 heteroatoms. The number of rotatable bonds is 2. The van der Waals surface area contributed by atoms with E-state index in [1.54, 1.807) is 0 Å². The maximum absolute atomic E-state index is 11.2. The maximum atomic E-state index is 11.2. The smallest absolute Gasteiger partial charge is 0.160 e. The van der Waals surface area contributed by atoms with Crippen molar-refractivity contribution in [3.63, 3.8) is 0 Å². The third-order valence-corrected chi connectivity index (χ3v) is 2.89. The van der Waals surface area contributed by atoms with Crippen molar-refractivity contribution in [2.75, 3.05) is 0 Å². The van der Waals surface area contributed by atoms with E-state index >= 15 is 0 Å². The van der Waals surface area contributed by atoms with Gasteiger partial charge >= 0.3 is 0 Å². The highest BCUT2D eigenvalue weighted by Crippen LogP contribution is 2.19. The molecule has 0 unspecified atom stereocenters. The Kier molecular flexibility index (Phi) is 3.36. The first-order chi connectivity index (χ1) is 6.60. The molecule has 3 nitrogen and oxygen atoms in total. The van der Waals surface area contributed by atoms with Gasteiger partial charge in [-0.3, -0.25) is 9.59 Å². The Morgan fingerprint density at radius 3 is 2.64 bits per heavy atom. The normalized spacial score (nSPS) is 9.21. The van der Waals surface area contributed by atoms with Crippen molar-refractivity contribution < 1.29 is 9.59 Å². The minimum atomic E-state index is -0.144. The topological polar surface area (TPSA) is 57.9 Å². The van der Waals surface area contributed by atoms with Crippen molar-refractivity contribution in [1.82, 2.24) is 0 Å². The zero-order valence-corrected chi connectivity index (χ0v) is 9.53. The quantitative estimate of drug-likeness (QED) is 0.478. The molecule has 0 aliphatic carbocycles. The molecular formula is C10H6INO2. The highest BCUT2D eigenvalue weighted by molar-refractivity contribution is 14.1. The molecule has 0 aliphatic rings. The summed E-state index contributed by atoms with van der Waals surface area (Å²) in [5.41, 5.74) is 1.14. The summed E-state index contributed by atoms with van der Waals surface area (Å²) in [6.07, 6.45) is 0.628. The summed E-state index contributed by atoms with van der Waals surface area (Å²) in [5, 5.41) is 8.76. The van der Waals surface area contributed by atoms with Crippen molar-refractivity contribution in [3.8, 4) is 6.07 Å². The van der Waals surface area contributed by atoms with Gasteiger partial charge in [-0.1, -0.05) is 0 Å². The number of halogens is 1. The largest absolute Gasteiger partial charge is 0.298 e. The van der Waals surface area contributed by atoms with Crippen LogP contribution in [0.25, 0.3) is 0 Å². The van der Waals surface area contributed by atoms with Gasteiger partial charge in [0, 0.05) is 14.7 Å². The molecule has 1 aromatic rings. The number of Topliss-reactive ketones (excluding diaryl/α,β-unsaturated/α-hetero) is 1. The number of benzene rings is 1. The molecule has 1 rings (SSSR count). The molecule has 14 heavy (non-hydrogen) atoms. The molecule has 0 heterocycles. The van der Waals surface area contributed by atoms with Crippen LogP contribution in [0.5, 0.6) is 0 Å². The standard InChI is InChI=1S/C10H6INO2/c1-6(14)9-3-7(5-13)2-8(4-12)10(9)11/h2-3,5H,1H3. The predicted octanol–water partition coefficient (Wildman–Crippen LogP) is 2.18. The molecule has 0 saturated heterocycles. The van der Waals surface area contributed by atoms with Crippen molar-refractivity contribution in [2.45, 2.75) is 6.92 Å². The van der Waals surface area contributed by atoms with E-state index in [-0.39, 0.29) is 5.78 Å². The SMILES string of the molecule is CC(=O)c1cc(C=O)cc(C#N)c1I. The minimum Gasteiger partial charge on any atom is -0.298 e. The Bertz CT molecular complexity index is 446. The van der Waals surface area contributed by atoms with E-state index in [9.17, 15) is 9.59 Å². The Labute approximate surface area is 94.9 Å². The zero-order valence-electron chi connectivity index (χ0n) is 7.37. The highest BCUT2D eigenvalue weighted by Gasteiger charge is 2.11. The molecular weight excluding hydrogens is 293 g/mol. The molecule has 0 radical (unpaired) electrons. The zero-order chi connectivity index (χ0) is 10.7. The first kappa shape index (κ1) is 10.9. The van der Waals surface area contributed by atoms with Gasteiger partial charge in [-0.05, 0) is 41.6 Å². The van der Waals surface area contributed by atoms with E-state index < -0.39 is 0 Å². The lowest BCUT2D eigenvalue weighted by Gasteiger charge is -2.03. The first-order valence-corrected chi connectivity index (χ1v) is 4.87. The van der Waals surface area contributed by atoms with Crippen LogP contribution in [0.3, 0.4) is 0 Å². The van der Waals surface area contributed by atoms with Crippen LogP contribution in [0.4, 0.5) is 0 Å². The molecule has 0 N–H and O–H groups in total. The van der Waals surface area contributed by atoms with Crippen molar-refractivity contribution in [2.24, 2.45) is 0 Å². The molecule has 1 aromatic carbocycles. The number of nitriles is 1. The van der Waals surface area contributed by atoms with Crippen LogP contribution in [0.1, 0.15) is 33.2 Å². The molecule has 0 atom stereocenters. The van der Waals surface area contributed by atoms with Gasteiger partial charge in [-0.2, -0.15) is 5.26 Å². The van der Waals surface area contributed by atoms with Gasteiger partial charge in [0.05, 0.1) is 5.56 Å². The molecule has 70 valence electrons. The van der Waals surface area contributed by atoms with Crippen molar-refractivity contribution in [1.29, 1.82) is 5.26 Å². The fourth-order valence-electron chi connectivity index (χ4n) is 1.05. The van der Waals surface area contributed by atoms with E-state index in [0.29, 0.717) is 26.5 Å². The average molecular weight is 299 g/mol. The summed E-state index contributed by atoms with van der Waals surface area (Å²) in [6, 6.07) is 4.92. The van der Waals surface area contributed by atoms with Crippen molar-refractivity contribution >= 4 is 34.7 Å². The van der Waals surface area contributed by atoms with Crippen LogP contribution < -0.4 is 0 Å². The molecule has 0 saturated carbocycles. The van der Waals surface area contributed by atoms with Gasteiger partial charge < -0.3 is 0 Å². The number of carbonyl (C=O) groups is 2. The summed E-state index contributed by atoms with van der Waals surface area (Å²) in [7, 11) is 0. The van der Waals surface area contributed by atoms with Crippen LogP contribution in [-0.4, -0.2) is 12.1 Å². The Balaban J connectivity index is 3.51. The summed E-state index contributed by atoms with van der Waals surface area (Å²) in [5.74, 6) is -0.144. The number of hydrogen-bond donors (Lipinski definition) is 0. The van der Waals surface area contributed by atoms with Gasteiger partial charge in [-0.25, -0.2) is 0 Å². The second-order valence-electron chi connectivity index (χ2n) is 2.72. The van der Waals surface area contributed by atoms with Gasteiger partial charge in [0.25, 0.3) is 0 Å². The molecule has 0 fully saturated rings. The minimum absolute atomic E-state index is 0.144. The van der Waals surface area contributed by atoms with Gasteiger partial charge in [0.15, 0.2) is 5.78 Å². The number of aldehydes is 1. The van der Waals surface area contributed by atoms with Gasteiger partial charge in [0.1, 0.15) is 12.4 Å². The second-order valence-corrected chi connectivity index (χ2v) is 3.79. The molecule has 0 spiro atoms. The molecule has 0 bridgehead atoms. The summed E-state index contributed by atoms with van der Waals surface area (Å²) in [6.45, 7) is 1.41. The Morgan fingerprint density at radius 2 is 2.21 bits per heavy atom. The number of carbonyl (C=O) groups excluding carboxylic acids is 2. The van der Waals surface area contributed by atoms with Crippen LogP contribution in [0, 0.1) is 14.9 Å². The summed E-state index contributed by atoms with van der Waals surface area (Å²) in [4.78, 5) is 21.7. The fourth-order valence-corrected chi connectivity index (χ4v) is 1.86. The van der Waals surface area contributed by atoms with E-state index in [2.05, 4.69) is 0 Å². The maximum Gasteiger partial charge on any atom is 0.160 e. The first-order valence-electron chi connectivity index (χ1n) is 3.80. The Hall–Kier alpha value is -1.22. The molecule has 0 amide bonds. The van der Waals surface area contributed by atoms with E-state index in [1.807, 2.05) is 28.7 Å². The third kappa shape index (κ3) is 1.99. The monoisotopic (exact) mass is 299 g/mol. The van der Waals surface area contributed by atoms with Gasteiger partial charge in [0.2, 0.25) is 0 Å². The molecule has 0 aromatic heterocycles. The number of nitrogens with zero attached hydrogens (tertiary/aromatic N) is 1.